The third kappa shape index (κ3) is 3.76. The van der Waals surface area contributed by atoms with Crippen LogP contribution in [0.4, 0.5) is 0 Å². The smallest absolute Gasteiger partial charge is 0.0940 e. The number of halogens is 1. The minimum absolute atomic E-state index is 0.0675. The Morgan fingerprint density at radius 2 is 2.35 bits per heavy atom. The van der Waals surface area contributed by atoms with Gasteiger partial charge in [-0.3, -0.25) is 4.90 Å². The van der Waals surface area contributed by atoms with Gasteiger partial charge in [-0.15, -0.1) is 11.3 Å². The standard InChI is InChI=1S/C12H18BrNO2S/c1-12(2)8-14(5-9(7-15)16-12)6-10-3-4-11(13)17-10/h3-4,9,15H,5-8H2,1-2H3. The molecule has 17 heavy (non-hydrogen) atoms. The first-order chi connectivity index (χ1) is 7.98. The molecule has 1 aliphatic heterocycles. The third-order valence-electron chi connectivity index (χ3n) is 2.76. The maximum absolute atomic E-state index is 9.25. The van der Waals surface area contributed by atoms with Crippen molar-refractivity contribution in [2.24, 2.45) is 0 Å². The Labute approximate surface area is 115 Å². The number of rotatable bonds is 3. The first-order valence-corrected chi connectivity index (χ1v) is 7.35. The highest BCUT2D eigenvalue weighted by atomic mass is 79.9. The molecule has 1 atom stereocenters. The normalized spacial score (nSPS) is 25.1. The zero-order valence-electron chi connectivity index (χ0n) is 10.1. The second-order valence-electron chi connectivity index (χ2n) is 5.06. The molecule has 1 aliphatic rings. The lowest BCUT2D eigenvalue weighted by Gasteiger charge is -2.42. The van der Waals surface area contributed by atoms with Gasteiger partial charge in [0.2, 0.25) is 0 Å². The van der Waals surface area contributed by atoms with Gasteiger partial charge in [-0.05, 0) is 41.9 Å². The van der Waals surface area contributed by atoms with Crippen LogP contribution in [0.1, 0.15) is 18.7 Å². The van der Waals surface area contributed by atoms with Gasteiger partial charge in [0, 0.05) is 24.5 Å². The summed E-state index contributed by atoms with van der Waals surface area (Å²) in [6.07, 6.45) is -0.0675. The van der Waals surface area contributed by atoms with Crippen molar-refractivity contribution in [3.63, 3.8) is 0 Å². The molecular formula is C12H18BrNO2S. The minimum atomic E-state index is -0.180. The summed E-state index contributed by atoms with van der Waals surface area (Å²) >= 11 is 5.24. The van der Waals surface area contributed by atoms with Crippen molar-refractivity contribution in [3.8, 4) is 0 Å². The Balaban J connectivity index is 2.00. The number of ether oxygens (including phenoxy) is 1. The van der Waals surface area contributed by atoms with Gasteiger partial charge >= 0.3 is 0 Å². The van der Waals surface area contributed by atoms with Gasteiger partial charge in [0.05, 0.1) is 22.1 Å². The summed E-state index contributed by atoms with van der Waals surface area (Å²) in [6, 6.07) is 4.22. The molecule has 1 aromatic rings. The number of aliphatic hydroxyl groups excluding tert-OH is 1. The third-order valence-corrected chi connectivity index (χ3v) is 4.37. The van der Waals surface area contributed by atoms with Gasteiger partial charge < -0.3 is 9.84 Å². The van der Waals surface area contributed by atoms with E-state index in [1.807, 2.05) is 0 Å². The maximum atomic E-state index is 9.25. The van der Waals surface area contributed by atoms with Crippen molar-refractivity contribution in [1.82, 2.24) is 4.90 Å². The van der Waals surface area contributed by atoms with Gasteiger partial charge in [-0.25, -0.2) is 0 Å². The monoisotopic (exact) mass is 319 g/mol. The van der Waals surface area contributed by atoms with Crippen LogP contribution in [0.2, 0.25) is 0 Å². The molecule has 1 N–H and O–H groups in total. The van der Waals surface area contributed by atoms with Crippen molar-refractivity contribution in [1.29, 1.82) is 0 Å². The molecule has 1 fully saturated rings. The first-order valence-electron chi connectivity index (χ1n) is 5.74. The van der Waals surface area contributed by atoms with Crippen LogP contribution in [0.3, 0.4) is 0 Å². The molecule has 0 saturated carbocycles. The molecule has 2 heterocycles. The molecule has 1 aromatic heterocycles. The molecule has 0 aromatic carbocycles. The highest BCUT2D eigenvalue weighted by Crippen LogP contribution is 2.26. The van der Waals surface area contributed by atoms with E-state index < -0.39 is 0 Å². The zero-order chi connectivity index (χ0) is 12.5. The average Bonchev–Trinajstić information content (AvgIpc) is 2.61. The van der Waals surface area contributed by atoms with Crippen molar-refractivity contribution < 1.29 is 9.84 Å². The number of hydrogen-bond donors (Lipinski definition) is 1. The van der Waals surface area contributed by atoms with Gasteiger partial charge in [-0.1, -0.05) is 0 Å². The number of thiophene rings is 1. The van der Waals surface area contributed by atoms with Crippen LogP contribution < -0.4 is 0 Å². The fourth-order valence-electron chi connectivity index (χ4n) is 2.29. The molecule has 3 nitrogen and oxygen atoms in total. The minimum Gasteiger partial charge on any atom is -0.394 e. The van der Waals surface area contributed by atoms with E-state index in [1.165, 1.54) is 8.66 Å². The van der Waals surface area contributed by atoms with E-state index in [-0.39, 0.29) is 18.3 Å². The molecule has 0 spiro atoms. The molecule has 96 valence electrons. The first kappa shape index (κ1) is 13.5. The lowest BCUT2D eigenvalue weighted by molar-refractivity contribution is -0.150. The fraction of sp³-hybridized carbons (Fsp3) is 0.667. The Morgan fingerprint density at radius 1 is 1.59 bits per heavy atom. The molecule has 2 rings (SSSR count). The van der Waals surface area contributed by atoms with Crippen molar-refractivity contribution in [2.75, 3.05) is 19.7 Å². The Hall–Kier alpha value is 0.0600. The zero-order valence-corrected chi connectivity index (χ0v) is 12.6. The van der Waals surface area contributed by atoms with Crippen LogP contribution in [0.15, 0.2) is 15.9 Å². The van der Waals surface area contributed by atoms with E-state index in [2.05, 4.69) is 46.8 Å². The summed E-state index contributed by atoms with van der Waals surface area (Å²) in [6.45, 7) is 6.88. The summed E-state index contributed by atoms with van der Waals surface area (Å²) in [5, 5.41) is 9.25. The topological polar surface area (TPSA) is 32.7 Å². The number of hydrogen-bond acceptors (Lipinski definition) is 4. The maximum Gasteiger partial charge on any atom is 0.0940 e. The molecule has 5 heteroatoms. The van der Waals surface area contributed by atoms with Gasteiger partial charge in [0.25, 0.3) is 0 Å². The molecule has 0 radical (unpaired) electrons. The van der Waals surface area contributed by atoms with Gasteiger partial charge in [0.1, 0.15) is 0 Å². The second kappa shape index (κ2) is 5.36. The summed E-state index contributed by atoms with van der Waals surface area (Å²) < 4.78 is 6.96. The average molecular weight is 320 g/mol. The van der Waals surface area contributed by atoms with Crippen LogP contribution in [0.5, 0.6) is 0 Å². The summed E-state index contributed by atoms with van der Waals surface area (Å²) in [5.74, 6) is 0. The van der Waals surface area contributed by atoms with Crippen LogP contribution in [0, 0.1) is 0 Å². The van der Waals surface area contributed by atoms with E-state index in [1.54, 1.807) is 11.3 Å². The molecule has 1 unspecified atom stereocenters. The van der Waals surface area contributed by atoms with Crippen molar-refractivity contribution in [3.05, 3.63) is 20.8 Å². The summed E-state index contributed by atoms with van der Waals surface area (Å²) in [5.41, 5.74) is -0.180. The Bertz CT molecular complexity index is 380. The van der Waals surface area contributed by atoms with E-state index in [9.17, 15) is 5.11 Å². The summed E-state index contributed by atoms with van der Waals surface area (Å²) in [4.78, 5) is 3.69. The quantitative estimate of drug-likeness (QED) is 0.929. The van der Waals surface area contributed by atoms with Crippen LogP contribution in [0.25, 0.3) is 0 Å². The number of morpholine rings is 1. The summed E-state index contributed by atoms with van der Waals surface area (Å²) in [7, 11) is 0. The molecule has 0 amide bonds. The second-order valence-corrected chi connectivity index (χ2v) is 7.61. The predicted molar refractivity (Wildman–Crippen MR) is 73.3 cm³/mol. The Kier molecular flexibility index (Phi) is 4.26. The van der Waals surface area contributed by atoms with E-state index in [0.29, 0.717) is 0 Å². The lowest BCUT2D eigenvalue weighted by atomic mass is 10.1. The van der Waals surface area contributed by atoms with Gasteiger partial charge in [0.15, 0.2) is 0 Å². The van der Waals surface area contributed by atoms with Crippen LogP contribution in [-0.2, 0) is 11.3 Å². The number of nitrogens with zero attached hydrogens (tertiary/aromatic N) is 1. The lowest BCUT2D eigenvalue weighted by Crippen LogP contribution is -2.53. The molecule has 1 saturated heterocycles. The highest BCUT2D eigenvalue weighted by Gasteiger charge is 2.32. The molecule has 0 aliphatic carbocycles. The molecular weight excluding hydrogens is 302 g/mol. The SMILES string of the molecule is CC1(C)CN(Cc2ccc(Br)s2)CC(CO)O1. The van der Waals surface area contributed by atoms with E-state index >= 15 is 0 Å². The predicted octanol–water partition coefficient (Wildman–Crippen LogP) is 2.48. The largest absolute Gasteiger partial charge is 0.394 e. The molecule has 0 bridgehead atoms. The van der Waals surface area contributed by atoms with Gasteiger partial charge in [-0.2, -0.15) is 0 Å². The van der Waals surface area contributed by atoms with E-state index in [0.717, 1.165) is 19.6 Å². The number of aliphatic hydroxyl groups is 1. The van der Waals surface area contributed by atoms with Crippen molar-refractivity contribution >= 4 is 27.3 Å². The highest BCUT2D eigenvalue weighted by molar-refractivity contribution is 9.11. The Morgan fingerprint density at radius 3 is 2.94 bits per heavy atom. The van der Waals surface area contributed by atoms with Crippen LogP contribution in [-0.4, -0.2) is 41.4 Å². The van der Waals surface area contributed by atoms with E-state index in [4.69, 9.17) is 4.74 Å². The van der Waals surface area contributed by atoms with Crippen molar-refractivity contribution in [2.45, 2.75) is 32.1 Å². The van der Waals surface area contributed by atoms with Crippen LogP contribution >= 0.6 is 27.3 Å². The fourth-order valence-corrected chi connectivity index (χ4v) is 3.81.